The maximum absolute atomic E-state index is 14.5. The highest BCUT2D eigenvalue weighted by molar-refractivity contribution is 7.88. The third kappa shape index (κ3) is 3.90. The normalized spacial score (nSPS) is 19.5. The average molecular weight is 461 g/mol. The van der Waals surface area contributed by atoms with E-state index >= 15 is 0 Å². The summed E-state index contributed by atoms with van der Waals surface area (Å²) in [6.45, 7) is 1.84. The minimum absolute atomic E-state index is 0.141. The second kappa shape index (κ2) is 8.28. The van der Waals surface area contributed by atoms with Crippen LogP contribution in [0.4, 0.5) is 10.3 Å². The molecule has 1 unspecified atom stereocenters. The van der Waals surface area contributed by atoms with Crippen molar-refractivity contribution in [1.29, 1.82) is 0 Å². The fourth-order valence-electron chi connectivity index (χ4n) is 4.64. The fourth-order valence-corrected chi connectivity index (χ4v) is 5.54. The van der Waals surface area contributed by atoms with Gasteiger partial charge in [0, 0.05) is 48.9 Å². The molecule has 0 aliphatic carbocycles. The Balaban J connectivity index is 1.38. The molecule has 1 saturated heterocycles. The monoisotopic (exact) mass is 460 g/mol. The van der Waals surface area contributed by atoms with Gasteiger partial charge in [0.1, 0.15) is 17.9 Å². The number of nitrogens with one attached hydrogen (secondary N) is 1. The van der Waals surface area contributed by atoms with E-state index in [-0.39, 0.29) is 18.3 Å². The van der Waals surface area contributed by atoms with Crippen LogP contribution in [-0.2, 0) is 23.0 Å². The molecule has 32 heavy (non-hydrogen) atoms. The largest absolute Gasteiger partial charge is 0.493 e. The van der Waals surface area contributed by atoms with E-state index in [1.54, 1.807) is 23.0 Å². The Labute approximate surface area is 185 Å². The summed E-state index contributed by atoms with van der Waals surface area (Å²) in [6, 6.07) is 3.10. The third-order valence-corrected chi connectivity index (χ3v) is 7.62. The van der Waals surface area contributed by atoms with Gasteiger partial charge in [-0.3, -0.25) is 4.40 Å². The minimum atomic E-state index is -3.20. The number of ether oxygens (including phenoxy) is 1. The summed E-state index contributed by atoms with van der Waals surface area (Å²) in [5.41, 5.74) is 3.10. The van der Waals surface area contributed by atoms with Gasteiger partial charge in [0.2, 0.25) is 16.0 Å². The van der Waals surface area contributed by atoms with Crippen LogP contribution in [0.1, 0.15) is 41.9 Å². The van der Waals surface area contributed by atoms with Crippen molar-refractivity contribution in [2.45, 2.75) is 38.1 Å². The van der Waals surface area contributed by atoms with Crippen LogP contribution in [0.3, 0.4) is 0 Å². The summed E-state index contributed by atoms with van der Waals surface area (Å²) in [5, 5.41) is 11.6. The lowest BCUT2D eigenvalue weighted by Gasteiger charge is -2.18. The van der Waals surface area contributed by atoms with Crippen molar-refractivity contribution < 1.29 is 17.5 Å². The summed E-state index contributed by atoms with van der Waals surface area (Å²) in [7, 11) is -3.20. The number of nitrogens with zero attached hydrogens (tertiary/aromatic N) is 5. The van der Waals surface area contributed by atoms with Crippen LogP contribution in [0, 0.1) is 5.82 Å². The van der Waals surface area contributed by atoms with Gasteiger partial charge in [-0.05, 0) is 37.3 Å². The Morgan fingerprint density at radius 1 is 1.28 bits per heavy atom. The lowest BCUT2D eigenvalue weighted by molar-refractivity contribution is 0.356. The molecule has 170 valence electrons. The van der Waals surface area contributed by atoms with E-state index in [0.29, 0.717) is 49.7 Å². The predicted octanol–water partition coefficient (Wildman–Crippen LogP) is 2.34. The summed E-state index contributed by atoms with van der Waals surface area (Å²) < 4.78 is 47.2. The van der Waals surface area contributed by atoms with Gasteiger partial charge in [0.05, 0.1) is 12.9 Å². The second-order valence-electron chi connectivity index (χ2n) is 8.31. The van der Waals surface area contributed by atoms with Crippen molar-refractivity contribution in [1.82, 2.24) is 23.9 Å². The van der Waals surface area contributed by atoms with E-state index in [1.165, 1.54) is 16.6 Å². The zero-order valence-corrected chi connectivity index (χ0v) is 18.6. The fraction of sp³-hybridized carbons (Fsp3) is 0.476. The van der Waals surface area contributed by atoms with Crippen LogP contribution in [-0.4, -0.2) is 58.3 Å². The molecule has 0 spiro atoms. The summed E-state index contributed by atoms with van der Waals surface area (Å²) >= 11 is 0. The first kappa shape index (κ1) is 21.1. The Hall–Kier alpha value is -2.79. The maximum atomic E-state index is 14.5. The van der Waals surface area contributed by atoms with Crippen molar-refractivity contribution in [3.8, 4) is 5.75 Å². The molecular formula is C21H25FN6O3S. The van der Waals surface area contributed by atoms with Gasteiger partial charge < -0.3 is 10.1 Å². The van der Waals surface area contributed by atoms with E-state index in [9.17, 15) is 12.8 Å². The van der Waals surface area contributed by atoms with Gasteiger partial charge in [0.25, 0.3) is 0 Å². The molecule has 0 saturated carbocycles. The van der Waals surface area contributed by atoms with Crippen molar-refractivity contribution in [3.05, 3.63) is 47.2 Å². The quantitative estimate of drug-likeness (QED) is 0.624. The molecule has 2 aliphatic heterocycles. The molecule has 2 aliphatic rings. The van der Waals surface area contributed by atoms with Crippen LogP contribution < -0.4 is 10.1 Å². The van der Waals surface area contributed by atoms with Gasteiger partial charge >= 0.3 is 0 Å². The Morgan fingerprint density at radius 3 is 3.00 bits per heavy atom. The van der Waals surface area contributed by atoms with Gasteiger partial charge in [-0.25, -0.2) is 22.1 Å². The van der Waals surface area contributed by atoms with Crippen LogP contribution in [0.2, 0.25) is 0 Å². The first-order valence-electron chi connectivity index (χ1n) is 10.7. The summed E-state index contributed by atoms with van der Waals surface area (Å²) in [6.07, 6.45) is 7.63. The average Bonchev–Trinajstić information content (AvgIpc) is 3.36. The van der Waals surface area contributed by atoms with Crippen LogP contribution >= 0.6 is 0 Å². The van der Waals surface area contributed by atoms with Crippen molar-refractivity contribution in [3.63, 3.8) is 0 Å². The number of hydrogen-bond acceptors (Lipinski definition) is 7. The third-order valence-electron chi connectivity index (χ3n) is 6.32. The maximum Gasteiger partial charge on any atom is 0.211 e. The van der Waals surface area contributed by atoms with E-state index in [2.05, 4.69) is 20.5 Å². The molecule has 1 fully saturated rings. The van der Waals surface area contributed by atoms with Gasteiger partial charge in [-0.15, -0.1) is 10.2 Å². The molecule has 1 atom stereocenters. The molecule has 3 aromatic rings. The molecule has 0 radical (unpaired) electrons. The number of sulfonamides is 1. The molecule has 4 heterocycles. The lowest BCUT2D eigenvalue weighted by atomic mass is 9.94. The van der Waals surface area contributed by atoms with E-state index in [1.807, 2.05) is 0 Å². The number of halogens is 1. The van der Waals surface area contributed by atoms with Crippen LogP contribution in [0.25, 0.3) is 5.65 Å². The zero-order chi connectivity index (χ0) is 22.3. The molecule has 2 aromatic heterocycles. The summed E-state index contributed by atoms with van der Waals surface area (Å²) in [4.78, 5) is 4.58. The topological polar surface area (TPSA) is 102 Å². The highest BCUT2D eigenvalue weighted by Crippen LogP contribution is 2.32. The highest BCUT2D eigenvalue weighted by atomic mass is 32.2. The molecule has 0 bridgehead atoms. The number of rotatable bonds is 5. The van der Waals surface area contributed by atoms with E-state index in [0.717, 1.165) is 29.7 Å². The second-order valence-corrected chi connectivity index (χ2v) is 10.3. The standard InChI is InChI=1S/C21H25FN6O3S/c1-32(29,30)27-8-2-3-14(6-9-27)16-11-23-21(28-13-25-26-20(16)28)24-12-17-15-7-10-31-19(15)5-4-18(17)22/h4-5,11,13-14H,2-3,6-10,12H2,1H3,(H,23,24). The van der Waals surface area contributed by atoms with E-state index in [4.69, 9.17) is 4.74 Å². The van der Waals surface area contributed by atoms with Crippen molar-refractivity contribution in [2.24, 2.45) is 0 Å². The first-order chi connectivity index (χ1) is 15.4. The Bertz CT molecular complexity index is 1260. The molecule has 5 rings (SSSR count). The van der Waals surface area contributed by atoms with Crippen LogP contribution in [0.15, 0.2) is 24.7 Å². The smallest absolute Gasteiger partial charge is 0.211 e. The number of anilines is 1. The van der Waals surface area contributed by atoms with Crippen molar-refractivity contribution in [2.75, 3.05) is 31.3 Å². The van der Waals surface area contributed by atoms with Crippen molar-refractivity contribution >= 4 is 21.6 Å². The molecule has 9 nitrogen and oxygen atoms in total. The molecule has 11 heteroatoms. The molecule has 1 aromatic carbocycles. The number of aromatic nitrogens is 4. The van der Waals surface area contributed by atoms with Crippen LogP contribution in [0.5, 0.6) is 5.75 Å². The SMILES string of the molecule is CS(=O)(=O)N1CCCC(c2cnc(NCc3c(F)ccc4c3CCO4)n3cnnc23)CC1. The molecular weight excluding hydrogens is 435 g/mol. The lowest BCUT2D eigenvalue weighted by Crippen LogP contribution is -2.30. The van der Waals surface area contributed by atoms with Gasteiger partial charge in [-0.2, -0.15) is 0 Å². The number of hydrogen-bond donors (Lipinski definition) is 1. The summed E-state index contributed by atoms with van der Waals surface area (Å²) in [5.74, 6) is 1.13. The van der Waals surface area contributed by atoms with Gasteiger partial charge in [0.15, 0.2) is 5.65 Å². The Morgan fingerprint density at radius 2 is 2.16 bits per heavy atom. The Kier molecular flexibility index (Phi) is 5.46. The highest BCUT2D eigenvalue weighted by Gasteiger charge is 2.26. The molecule has 0 amide bonds. The zero-order valence-electron chi connectivity index (χ0n) is 17.8. The first-order valence-corrected chi connectivity index (χ1v) is 12.6. The number of fused-ring (bicyclic) bond motifs is 2. The predicted molar refractivity (Wildman–Crippen MR) is 117 cm³/mol. The van der Waals surface area contributed by atoms with Gasteiger partial charge in [-0.1, -0.05) is 0 Å². The minimum Gasteiger partial charge on any atom is -0.493 e. The molecule has 1 N–H and O–H groups in total. The van der Waals surface area contributed by atoms with E-state index < -0.39 is 10.0 Å². The number of benzene rings is 1.